The van der Waals surface area contributed by atoms with Crippen molar-refractivity contribution in [2.45, 2.75) is 5.92 Å². The molecule has 4 nitrogen and oxygen atoms in total. The van der Waals surface area contributed by atoms with Crippen LogP contribution in [0.25, 0.3) is 0 Å². The van der Waals surface area contributed by atoms with Crippen LogP contribution in [0.4, 0.5) is 0 Å². The van der Waals surface area contributed by atoms with Crippen molar-refractivity contribution in [1.29, 1.82) is 5.26 Å². The Morgan fingerprint density at radius 1 is 1.33 bits per heavy atom. The van der Waals surface area contributed by atoms with E-state index < -0.39 is 11.9 Å². The smallest absolute Gasteiger partial charge is 0.327 e. The molecule has 1 rings (SSSR count). The van der Waals surface area contributed by atoms with Crippen molar-refractivity contribution in [2.24, 2.45) is 0 Å². The number of hydrogen-bond acceptors (Lipinski definition) is 4. The Kier molecular flexibility index (Phi) is 3.69. The number of hydrogen-bond donors (Lipinski definition) is 0. The standard InChI is InChI=1S/C11H11NO3/c1-14-9-5-3-8(4-6-9)10(7-12)11(13)15-2/h3-6,10H,1-2H3. The summed E-state index contributed by atoms with van der Waals surface area (Å²) in [6.07, 6.45) is 0. The molecule has 0 spiro atoms. The predicted molar refractivity (Wildman–Crippen MR) is 53.4 cm³/mol. The average Bonchev–Trinajstić information content (AvgIpc) is 2.30. The van der Waals surface area contributed by atoms with Crippen LogP contribution in [0, 0.1) is 11.3 Å². The number of nitrogens with zero attached hydrogens (tertiary/aromatic N) is 1. The van der Waals surface area contributed by atoms with Crippen LogP contribution in [0.2, 0.25) is 0 Å². The molecule has 1 atom stereocenters. The zero-order chi connectivity index (χ0) is 11.3. The van der Waals surface area contributed by atoms with E-state index in [1.54, 1.807) is 31.4 Å². The Hall–Kier alpha value is -2.02. The third-order valence-electron chi connectivity index (χ3n) is 2.02. The highest BCUT2D eigenvalue weighted by atomic mass is 16.5. The van der Waals surface area contributed by atoms with Crippen LogP contribution < -0.4 is 4.74 Å². The molecule has 1 aromatic carbocycles. The van der Waals surface area contributed by atoms with Crippen LogP contribution in [0.15, 0.2) is 24.3 Å². The molecule has 0 fully saturated rings. The minimum atomic E-state index is -0.874. The molecule has 0 aliphatic heterocycles. The van der Waals surface area contributed by atoms with E-state index in [-0.39, 0.29) is 0 Å². The highest BCUT2D eigenvalue weighted by Gasteiger charge is 2.20. The first-order valence-electron chi connectivity index (χ1n) is 4.34. The van der Waals surface area contributed by atoms with Gasteiger partial charge in [-0.3, -0.25) is 4.79 Å². The highest BCUT2D eigenvalue weighted by molar-refractivity contribution is 5.81. The lowest BCUT2D eigenvalue weighted by Gasteiger charge is -2.07. The molecule has 0 aromatic heterocycles. The van der Waals surface area contributed by atoms with Crippen LogP contribution in [-0.4, -0.2) is 20.2 Å². The Balaban J connectivity index is 2.94. The summed E-state index contributed by atoms with van der Waals surface area (Å²) in [4.78, 5) is 11.2. The Morgan fingerprint density at radius 3 is 2.33 bits per heavy atom. The SMILES string of the molecule is COC(=O)C(C#N)c1ccc(OC)cc1. The van der Waals surface area contributed by atoms with E-state index in [2.05, 4.69) is 4.74 Å². The van der Waals surface area contributed by atoms with Crippen molar-refractivity contribution >= 4 is 5.97 Å². The van der Waals surface area contributed by atoms with Gasteiger partial charge in [-0.2, -0.15) is 5.26 Å². The van der Waals surface area contributed by atoms with Crippen molar-refractivity contribution < 1.29 is 14.3 Å². The first-order chi connectivity index (χ1) is 7.22. The quantitative estimate of drug-likeness (QED) is 0.701. The molecule has 0 saturated carbocycles. The van der Waals surface area contributed by atoms with Crippen molar-refractivity contribution in [3.63, 3.8) is 0 Å². The topological polar surface area (TPSA) is 59.3 Å². The van der Waals surface area contributed by atoms with Gasteiger partial charge in [-0.05, 0) is 17.7 Å². The van der Waals surface area contributed by atoms with Gasteiger partial charge in [0.25, 0.3) is 0 Å². The van der Waals surface area contributed by atoms with Gasteiger partial charge in [-0.15, -0.1) is 0 Å². The molecule has 4 heteroatoms. The molecule has 1 aromatic rings. The summed E-state index contributed by atoms with van der Waals surface area (Å²) in [5.41, 5.74) is 0.602. The van der Waals surface area contributed by atoms with E-state index in [4.69, 9.17) is 10.00 Å². The van der Waals surface area contributed by atoms with Gasteiger partial charge in [0.05, 0.1) is 20.3 Å². The van der Waals surface area contributed by atoms with Gasteiger partial charge in [-0.1, -0.05) is 12.1 Å². The van der Waals surface area contributed by atoms with Crippen LogP contribution in [0.1, 0.15) is 11.5 Å². The van der Waals surface area contributed by atoms with E-state index in [0.717, 1.165) is 0 Å². The zero-order valence-corrected chi connectivity index (χ0v) is 8.56. The monoisotopic (exact) mass is 205 g/mol. The van der Waals surface area contributed by atoms with Gasteiger partial charge in [0, 0.05) is 0 Å². The molecule has 78 valence electrons. The number of ether oxygens (including phenoxy) is 2. The van der Waals surface area contributed by atoms with Crippen LogP contribution in [-0.2, 0) is 9.53 Å². The number of rotatable bonds is 3. The number of carbonyl (C=O) groups is 1. The fourth-order valence-electron chi connectivity index (χ4n) is 1.18. The van der Waals surface area contributed by atoms with Crippen molar-refractivity contribution in [2.75, 3.05) is 14.2 Å². The summed E-state index contributed by atoms with van der Waals surface area (Å²) in [6.45, 7) is 0. The first kappa shape index (κ1) is 11.1. The van der Waals surface area contributed by atoms with Crippen molar-refractivity contribution in [3.8, 4) is 11.8 Å². The molecule has 0 bridgehead atoms. The maximum atomic E-state index is 11.2. The number of carbonyl (C=O) groups excluding carboxylic acids is 1. The second-order valence-corrected chi connectivity index (χ2v) is 2.86. The highest BCUT2D eigenvalue weighted by Crippen LogP contribution is 2.19. The van der Waals surface area contributed by atoms with Crippen LogP contribution in [0.5, 0.6) is 5.75 Å². The van der Waals surface area contributed by atoms with Crippen molar-refractivity contribution in [1.82, 2.24) is 0 Å². The fraction of sp³-hybridized carbons (Fsp3) is 0.273. The minimum Gasteiger partial charge on any atom is -0.497 e. The third-order valence-corrected chi connectivity index (χ3v) is 2.02. The van der Waals surface area contributed by atoms with Gasteiger partial charge >= 0.3 is 5.97 Å². The molecule has 15 heavy (non-hydrogen) atoms. The summed E-state index contributed by atoms with van der Waals surface area (Å²) >= 11 is 0. The molecule has 1 unspecified atom stereocenters. The fourth-order valence-corrected chi connectivity index (χ4v) is 1.18. The van der Waals surface area contributed by atoms with Crippen LogP contribution in [0.3, 0.4) is 0 Å². The lowest BCUT2D eigenvalue weighted by atomic mass is 10.0. The number of esters is 1. The maximum Gasteiger partial charge on any atom is 0.327 e. The zero-order valence-electron chi connectivity index (χ0n) is 8.56. The van der Waals surface area contributed by atoms with Gasteiger partial charge in [0.15, 0.2) is 5.92 Å². The van der Waals surface area contributed by atoms with Crippen LogP contribution >= 0.6 is 0 Å². The minimum absolute atomic E-state index is 0.553. The summed E-state index contributed by atoms with van der Waals surface area (Å²) in [5, 5.41) is 8.83. The van der Waals surface area contributed by atoms with Gasteiger partial charge in [-0.25, -0.2) is 0 Å². The third kappa shape index (κ3) is 2.47. The van der Waals surface area contributed by atoms with Gasteiger partial charge < -0.3 is 9.47 Å². The molecule has 0 N–H and O–H groups in total. The second kappa shape index (κ2) is 5.01. The number of methoxy groups -OCH3 is 2. The largest absolute Gasteiger partial charge is 0.497 e. The maximum absolute atomic E-state index is 11.2. The van der Waals surface area contributed by atoms with Crippen molar-refractivity contribution in [3.05, 3.63) is 29.8 Å². The molecule has 0 radical (unpaired) electrons. The Bertz CT molecular complexity index is 378. The number of nitriles is 1. The summed E-state index contributed by atoms with van der Waals surface area (Å²) < 4.78 is 9.49. The van der Waals surface area contributed by atoms with E-state index in [1.165, 1.54) is 7.11 Å². The summed E-state index contributed by atoms with van der Waals surface area (Å²) in [6, 6.07) is 8.63. The number of benzene rings is 1. The van der Waals surface area contributed by atoms with Gasteiger partial charge in [0.2, 0.25) is 0 Å². The molecular formula is C11H11NO3. The normalized spacial score (nSPS) is 11.3. The summed E-state index contributed by atoms with van der Waals surface area (Å²) in [5.74, 6) is -0.746. The summed E-state index contributed by atoms with van der Waals surface area (Å²) in [7, 11) is 2.81. The lowest BCUT2D eigenvalue weighted by molar-refractivity contribution is -0.140. The first-order valence-corrected chi connectivity index (χ1v) is 4.34. The molecule has 0 aliphatic rings. The molecule has 0 heterocycles. The molecule has 0 saturated heterocycles. The molecule has 0 aliphatic carbocycles. The molecule has 0 amide bonds. The van der Waals surface area contributed by atoms with E-state index in [1.807, 2.05) is 6.07 Å². The lowest BCUT2D eigenvalue weighted by Crippen LogP contribution is -2.12. The van der Waals surface area contributed by atoms with Gasteiger partial charge in [0.1, 0.15) is 5.75 Å². The van der Waals surface area contributed by atoms with E-state index in [0.29, 0.717) is 11.3 Å². The average molecular weight is 205 g/mol. The molecular weight excluding hydrogens is 194 g/mol. The Morgan fingerprint density at radius 2 is 1.93 bits per heavy atom. The van der Waals surface area contributed by atoms with E-state index >= 15 is 0 Å². The second-order valence-electron chi connectivity index (χ2n) is 2.86. The predicted octanol–water partition coefficient (Wildman–Crippen LogP) is 1.48. The Labute approximate surface area is 88.0 Å². The van der Waals surface area contributed by atoms with E-state index in [9.17, 15) is 4.79 Å².